The molecule has 0 bridgehead atoms. The molecular formula is C13H13ClFN3. The average Bonchev–Trinajstić information content (AvgIpc) is 2.33. The molecule has 0 aliphatic rings. The van der Waals surface area contributed by atoms with Crippen LogP contribution in [0.1, 0.15) is 18.3 Å². The maximum atomic E-state index is 13.9. The minimum absolute atomic E-state index is 0.353. The molecule has 0 saturated carbocycles. The molecular weight excluding hydrogens is 253 g/mol. The summed E-state index contributed by atoms with van der Waals surface area (Å²) in [6.45, 7) is 3.70. The third-order valence-electron chi connectivity index (χ3n) is 2.73. The molecule has 0 unspecified atom stereocenters. The van der Waals surface area contributed by atoms with E-state index in [4.69, 9.17) is 17.3 Å². The summed E-state index contributed by atoms with van der Waals surface area (Å²) >= 11 is 5.74. The molecule has 5 heteroatoms. The van der Waals surface area contributed by atoms with Gasteiger partial charge in [0.05, 0.1) is 5.69 Å². The highest BCUT2D eigenvalue weighted by Gasteiger charge is 2.13. The lowest BCUT2D eigenvalue weighted by Gasteiger charge is -2.10. The van der Waals surface area contributed by atoms with Crippen LogP contribution in [0.15, 0.2) is 18.2 Å². The highest BCUT2D eigenvalue weighted by atomic mass is 35.5. The number of hydrogen-bond donors (Lipinski definition) is 1. The molecule has 3 nitrogen and oxygen atoms in total. The first-order valence-corrected chi connectivity index (χ1v) is 5.99. The Kier molecular flexibility index (Phi) is 3.48. The van der Waals surface area contributed by atoms with Gasteiger partial charge in [0.1, 0.15) is 17.5 Å². The van der Waals surface area contributed by atoms with Gasteiger partial charge in [-0.15, -0.1) is 0 Å². The molecule has 1 aromatic carbocycles. The second-order valence-electron chi connectivity index (χ2n) is 3.98. The van der Waals surface area contributed by atoms with Gasteiger partial charge in [-0.3, -0.25) is 0 Å². The number of aromatic nitrogens is 2. The zero-order valence-corrected chi connectivity index (χ0v) is 10.9. The molecule has 94 valence electrons. The highest BCUT2D eigenvalue weighted by molar-refractivity contribution is 6.30. The van der Waals surface area contributed by atoms with E-state index in [1.54, 1.807) is 19.1 Å². The minimum Gasteiger partial charge on any atom is -0.383 e. The van der Waals surface area contributed by atoms with Crippen LogP contribution in [-0.4, -0.2) is 9.97 Å². The zero-order chi connectivity index (χ0) is 13.3. The van der Waals surface area contributed by atoms with Crippen LogP contribution in [0.3, 0.4) is 0 Å². The number of aryl methyl sites for hydroxylation is 1. The van der Waals surface area contributed by atoms with Gasteiger partial charge in [0, 0.05) is 22.6 Å². The van der Waals surface area contributed by atoms with E-state index in [-0.39, 0.29) is 0 Å². The Labute approximate surface area is 110 Å². The number of halogens is 2. The number of benzene rings is 1. The van der Waals surface area contributed by atoms with Gasteiger partial charge in [-0.25, -0.2) is 14.4 Å². The second kappa shape index (κ2) is 4.90. The van der Waals surface area contributed by atoms with Crippen LogP contribution in [0.4, 0.5) is 10.2 Å². The maximum Gasteiger partial charge on any atom is 0.134 e. The van der Waals surface area contributed by atoms with E-state index in [2.05, 4.69) is 9.97 Å². The van der Waals surface area contributed by atoms with E-state index >= 15 is 0 Å². The number of nitrogens with zero attached hydrogens (tertiary/aromatic N) is 2. The second-order valence-corrected chi connectivity index (χ2v) is 4.41. The van der Waals surface area contributed by atoms with Crippen LogP contribution >= 0.6 is 11.6 Å². The molecule has 1 heterocycles. The van der Waals surface area contributed by atoms with Crippen molar-refractivity contribution in [2.75, 3.05) is 5.73 Å². The number of rotatable bonds is 2. The van der Waals surface area contributed by atoms with Gasteiger partial charge in [-0.05, 0) is 25.1 Å². The Morgan fingerprint density at radius 1 is 1.33 bits per heavy atom. The van der Waals surface area contributed by atoms with E-state index in [0.717, 1.165) is 0 Å². The summed E-state index contributed by atoms with van der Waals surface area (Å²) in [5.74, 6) is 0.569. The summed E-state index contributed by atoms with van der Waals surface area (Å²) in [6.07, 6.45) is 0.646. The van der Waals surface area contributed by atoms with Crippen LogP contribution in [0.2, 0.25) is 5.02 Å². The van der Waals surface area contributed by atoms with Crippen molar-refractivity contribution < 1.29 is 4.39 Å². The normalized spacial score (nSPS) is 10.7. The Morgan fingerprint density at radius 3 is 2.67 bits per heavy atom. The molecule has 0 atom stereocenters. The number of anilines is 1. The predicted octanol–water partition coefficient (Wildman–Crippen LogP) is 3.39. The summed E-state index contributed by atoms with van der Waals surface area (Å²) in [5.41, 5.74) is 7.40. The summed E-state index contributed by atoms with van der Waals surface area (Å²) in [6, 6.07) is 4.50. The molecule has 0 aliphatic heterocycles. The van der Waals surface area contributed by atoms with Crippen molar-refractivity contribution in [2.45, 2.75) is 20.3 Å². The third kappa shape index (κ3) is 2.29. The molecule has 0 spiro atoms. The summed E-state index contributed by atoms with van der Waals surface area (Å²) < 4.78 is 13.9. The van der Waals surface area contributed by atoms with Crippen molar-refractivity contribution in [1.29, 1.82) is 0 Å². The molecule has 0 aliphatic carbocycles. The minimum atomic E-state index is -0.411. The lowest BCUT2D eigenvalue weighted by Crippen LogP contribution is -2.04. The van der Waals surface area contributed by atoms with Crippen molar-refractivity contribution in [1.82, 2.24) is 9.97 Å². The predicted molar refractivity (Wildman–Crippen MR) is 71.0 cm³/mol. The van der Waals surface area contributed by atoms with Crippen molar-refractivity contribution in [3.8, 4) is 11.3 Å². The fourth-order valence-electron chi connectivity index (χ4n) is 1.68. The number of nitrogen functional groups attached to an aromatic ring is 1. The standard InChI is InChI=1S/C13H13ClFN3/c1-3-11-17-12(7(2)13(16)18-11)9-5-4-8(14)6-10(9)15/h4-6H,3H2,1-2H3,(H2,16,17,18). The van der Waals surface area contributed by atoms with E-state index in [1.165, 1.54) is 6.07 Å². The van der Waals surface area contributed by atoms with Gasteiger partial charge < -0.3 is 5.73 Å². The van der Waals surface area contributed by atoms with E-state index < -0.39 is 5.82 Å². The van der Waals surface area contributed by atoms with Crippen LogP contribution < -0.4 is 5.73 Å². The molecule has 0 radical (unpaired) electrons. The Hall–Kier alpha value is -1.68. The highest BCUT2D eigenvalue weighted by Crippen LogP contribution is 2.28. The van der Waals surface area contributed by atoms with Crippen LogP contribution in [0, 0.1) is 12.7 Å². The van der Waals surface area contributed by atoms with E-state index in [1.807, 2.05) is 6.92 Å². The summed E-state index contributed by atoms with van der Waals surface area (Å²) in [5, 5.41) is 0.353. The van der Waals surface area contributed by atoms with Gasteiger partial charge >= 0.3 is 0 Å². The Balaban J connectivity index is 2.66. The van der Waals surface area contributed by atoms with Crippen LogP contribution in [-0.2, 0) is 6.42 Å². The maximum absolute atomic E-state index is 13.9. The van der Waals surface area contributed by atoms with Crippen LogP contribution in [0.5, 0.6) is 0 Å². The van der Waals surface area contributed by atoms with Crippen LogP contribution in [0.25, 0.3) is 11.3 Å². The number of nitrogens with two attached hydrogens (primary N) is 1. The van der Waals surface area contributed by atoms with E-state index in [0.29, 0.717) is 39.9 Å². The van der Waals surface area contributed by atoms with E-state index in [9.17, 15) is 4.39 Å². The number of hydrogen-bond acceptors (Lipinski definition) is 3. The molecule has 1 aromatic heterocycles. The lowest BCUT2D eigenvalue weighted by atomic mass is 10.1. The Bertz CT molecular complexity index is 599. The topological polar surface area (TPSA) is 51.8 Å². The average molecular weight is 266 g/mol. The van der Waals surface area contributed by atoms with Crippen molar-refractivity contribution in [2.24, 2.45) is 0 Å². The largest absolute Gasteiger partial charge is 0.383 e. The molecule has 0 amide bonds. The zero-order valence-electron chi connectivity index (χ0n) is 10.2. The SMILES string of the molecule is CCc1nc(N)c(C)c(-c2ccc(Cl)cc2F)n1. The fourth-order valence-corrected chi connectivity index (χ4v) is 1.84. The lowest BCUT2D eigenvalue weighted by molar-refractivity contribution is 0.630. The molecule has 2 N–H and O–H groups in total. The van der Waals surface area contributed by atoms with Crippen molar-refractivity contribution >= 4 is 17.4 Å². The van der Waals surface area contributed by atoms with Gasteiger partial charge in [0.25, 0.3) is 0 Å². The first-order chi connectivity index (χ1) is 8.52. The molecule has 0 fully saturated rings. The van der Waals surface area contributed by atoms with Gasteiger partial charge in [0.15, 0.2) is 0 Å². The van der Waals surface area contributed by atoms with Gasteiger partial charge in [-0.2, -0.15) is 0 Å². The summed E-state index contributed by atoms with van der Waals surface area (Å²) in [4.78, 5) is 8.48. The third-order valence-corrected chi connectivity index (χ3v) is 2.97. The van der Waals surface area contributed by atoms with Crippen molar-refractivity contribution in [3.05, 3.63) is 40.4 Å². The smallest absolute Gasteiger partial charge is 0.134 e. The molecule has 0 saturated heterocycles. The first kappa shape index (κ1) is 12.8. The molecule has 2 aromatic rings. The van der Waals surface area contributed by atoms with Gasteiger partial charge in [-0.1, -0.05) is 18.5 Å². The molecule has 18 heavy (non-hydrogen) atoms. The Morgan fingerprint density at radius 2 is 2.06 bits per heavy atom. The monoisotopic (exact) mass is 265 g/mol. The molecule has 2 rings (SSSR count). The van der Waals surface area contributed by atoms with Crippen molar-refractivity contribution in [3.63, 3.8) is 0 Å². The first-order valence-electron chi connectivity index (χ1n) is 5.61. The quantitative estimate of drug-likeness (QED) is 0.906. The van der Waals surface area contributed by atoms with Gasteiger partial charge in [0.2, 0.25) is 0 Å². The summed E-state index contributed by atoms with van der Waals surface area (Å²) in [7, 11) is 0. The fraction of sp³-hybridized carbons (Fsp3) is 0.231.